The Labute approximate surface area is 182 Å². The van der Waals surface area contributed by atoms with Gasteiger partial charge in [-0.05, 0) is 42.7 Å². The van der Waals surface area contributed by atoms with E-state index in [-0.39, 0.29) is 24.5 Å². The first-order valence-corrected chi connectivity index (χ1v) is 10.6. The van der Waals surface area contributed by atoms with E-state index in [9.17, 15) is 14.7 Å². The van der Waals surface area contributed by atoms with E-state index in [0.717, 1.165) is 22.1 Å². The van der Waals surface area contributed by atoms with Crippen molar-refractivity contribution in [2.24, 2.45) is 0 Å². The second-order valence-corrected chi connectivity index (χ2v) is 8.45. The minimum absolute atomic E-state index is 0.0988. The molecule has 1 atom stereocenters. The number of aliphatic hydroxyl groups is 1. The first-order valence-electron chi connectivity index (χ1n) is 9.64. The Hall–Kier alpha value is -2.41. The summed E-state index contributed by atoms with van der Waals surface area (Å²) in [4.78, 5) is 30.3. The number of halogens is 2. The van der Waals surface area contributed by atoms with Crippen molar-refractivity contribution in [3.05, 3.63) is 61.4 Å². The van der Waals surface area contributed by atoms with Gasteiger partial charge in [0.05, 0.1) is 29.0 Å². The van der Waals surface area contributed by atoms with E-state index in [4.69, 9.17) is 32.9 Å². The van der Waals surface area contributed by atoms with Crippen molar-refractivity contribution in [1.82, 2.24) is 9.55 Å². The monoisotopic (exact) mass is 444 g/mol. The van der Waals surface area contributed by atoms with Crippen LogP contribution in [0.25, 0.3) is 22.3 Å². The third-order valence-electron chi connectivity index (χ3n) is 6.22. The molecule has 2 aliphatic heterocycles. The number of hydrogen-bond donors (Lipinski definition) is 1. The van der Waals surface area contributed by atoms with Gasteiger partial charge >= 0.3 is 5.97 Å². The van der Waals surface area contributed by atoms with Crippen LogP contribution in [-0.4, -0.2) is 20.6 Å². The maximum absolute atomic E-state index is 13.3. The van der Waals surface area contributed by atoms with E-state index in [1.54, 1.807) is 23.6 Å². The van der Waals surface area contributed by atoms with Gasteiger partial charge in [0.15, 0.2) is 5.60 Å². The minimum atomic E-state index is -1.85. The zero-order valence-electron chi connectivity index (χ0n) is 16.4. The molecule has 30 heavy (non-hydrogen) atoms. The van der Waals surface area contributed by atoms with Crippen LogP contribution >= 0.6 is 23.2 Å². The van der Waals surface area contributed by atoms with Gasteiger partial charge in [-0.2, -0.15) is 0 Å². The fraction of sp³-hybridized carbons (Fsp3) is 0.318. The van der Waals surface area contributed by atoms with Gasteiger partial charge in [0, 0.05) is 27.4 Å². The molecule has 8 heteroatoms. The molecule has 0 bridgehead atoms. The number of nitrogens with zero attached hydrogens (tertiary/aromatic N) is 2. The fourth-order valence-corrected chi connectivity index (χ4v) is 4.91. The molecule has 2 aliphatic rings. The molecule has 0 saturated carbocycles. The maximum atomic E-state index is 13.3. The van der Waals surface area contributed by atoms with Gasteiger partial charge < -0.3 is 14.4 Å². The van der Waals surface area contributed by atoms with Gasteiger partial charge in [-0.1, -0.05) is 18.5 Å². The molecule has 3 aromatic rings. The topological polar surface area (TPSA) is 81.4 Å². The fourth-order valence-electron chi connectivity index (χ4n) is 4.44. The summed E-state index contributed by atoms with van der Waals surface area (Å²) in [5, 5.41) is 12.5. The number of cyclic esters (lactones) is 1. The highest BCUT2D eigenvalue weighted by atomic mass is 35.5. The lowest BCUT2D eigenvalue weighted by atomic mass is 9.86. The van der Waals surface area contributed by atoms with E-state index in [1.807, 2.05) is 13.0 Å². The molecule has 0 saturated heterocycles. The summed E-state index contributed by atoms with van der Waals surface area (Å²) in [6.07, 6.45) is 0.0988. The Bertz CT molecular complexity index is 1330. The average Bonchev–Trinajstić information content (AvgIpc) is 3.09. The third kappa shape index (κ3) is 2.44. The van der Waals surface area contributed by atoms with Crippen LogP contribution in [0, 0.1) is 6.92 Å². The number of pyridine rings is 2. The third-order valence-corrected chi connectivity index (χ3v) is 6.89. The summed E-state index contributed by atoms with van der Waals surface area (Å²) >= 11 is 12.6. The van der Waals surface area contributed by atoms with Gasteiger partial charge in [-0.25, -0.2) is 9.78 Å². The van der Waals surface area contributed by atoms with E-state index in [1.165, 1.54) is 0 Å². The maximum Gasteiger partial charge on any atom is 0.343 e. The number of hydrogen-bond acceptors (Lipinski definition) is 5. The number of rotatable bonds is 2. The van der Waals surface area contributed by atoms with Gasteiger partial charge in [0.2, 0.25) is 0 Å². The molecule has 154 valence electrons. The van der Waals surface area contributed by atoms with Gasteiger partial charge in [-0.15, -0.1) is 11.6 Å². The quantitative estimate of drug-likeness (QED) is 0.375. The van der Waals surface area contributed by atoms with Crippen LogP contribution in [0.2, 0.25) is 5.02 Å². The molecule has 0 amide bonds. The molecule has 1 aromatic carbocycles. The molecular weight excluding hydrogens is 427 g/mol. The number of carbonyl (C=O) groups excluding carboxylic acids is 1. The molecule has 0 spiro atoms. The SMILES string of the molecule is CC[C@@]1(O)C(=O)OCc2c1cc1n(c2=O)Cc2c-1nc1cc(Cl)c(C)cc1c2CCl. The first-order chi connectivity index (χ1) is 14.3. The highest BCUT2D eigenvalue weighted by Crippen LogP contribution is 2.41. The zero-order valence-corrected chi connectivity index (χ0v) is 17.9. The lowest BCUT2D eigenvalue weighted by molar-refractivity contribution is -0.172. The zero-order chi connectivity index (χ0) is 21.4. The summed E-state index contributed by atoms with van der Waals surface area (Å²) in [7, 11) is 0. The molecule has 1 N–H and O–H groups in total. The number of carbonyl (C=O) groups is 1. The highest BCUT2D eigenvalue weighted by molar-refractivity contribution is 6.32. The van der Waals surface area contributed by atoms with Gasteiger partial charge in [-0.3, -0.25) is 4.79 Å². The second-order valence-electron chi connectivity index (χ2n) is 7.77. The minimum Gasteiger partial charge on any atom is -0.458 e. The Kier molecular flexibility index (Phi) is 4.26. The van der Waals surface area contributed by atoms with Crippen LogP contribution in [0.4, 0.5) is 0 Å². The Morgan fingerprint density at radius 1 is 1.27 bits per heavy atom. The van der Waals surface area contributed by atoms with Crippen molar-refractivity contribution in [3.63, 3.8) is 0 Å². The standard InChI is InChI=1S/C22H18Cl2N2O4/c1-3-22(29)15-5-18-19-13(8-26(18)20(27)14(15)9-30-21(22)28)12(7-23)11-4-10(2)16(24)6-17(11)25-19/h4-6,29H,3,7-9H2,1-2H3/t22-/m0/s1. The number of fused-ring (bicyclic) bond motifs is 5. The summed E-state index contributed by atoms with van der Waals surface area (Å²) in [6.45, 7) is 3.76. The summed E-state index contributed by atoms with van der Waals surface area (Å²) in [5.41, 5.74) is 2.99. The Balaban J connectivity index is 1.84. The number of alkyl halides is 1. The number of ether oxygens (including phenoxy) is 1. The summed E-state index contributed by atoms with van der Waals surface area (Å²) < 4.78 is 6.72. The largest absolute Gasteiger partial charge is 0.458 e. The predicted octanol–water partition coefficient (Wildman–Crippen LogP) is 3.78. The van der Waals surface area contributed by atoms with E-state index in [2.05, 4.69) is 0 Å². The second kappa shape index (κ2) is 6.54. The van der Waals surface area contributed by atoms with Crippen LogP contribution in [0.5, 0.6) is 0 Å². The predicted molar refractivity (Wildman–Crippen MR) is 114 cm³/mol. The van der Waals surface area contributed by atoms with Crippen LogP contribution in [0.1, 0.15) is 41.2 Å². The van der Waals surface area contributed by atoms with Crippen molar-refractivity contribution in [2.45, 2.75) is 44.9 Å². The Morgan fingerprint density at radius 2 is 2.03 bits per heavy atom. The number of benzene rings is 1. The molecule has 4 heterocycles. The van der Waals surface area contributed by atoms with E-state index in [0.29, 0.717) is 39.6 Å². The van der Waals surface area contributed by atoms with Crippen molar-refractivity contribution >= 4 is 40.1 Å². The van der Waals surface area contributed by atoms with Crippen molar-refractivity contribution in [3.8, 4) is 11.4 Å². The van der Waals surface area contributed by atoms with Crippen molar-refractivity contribution in [2.75, 3.05) is 0 Å². The van der Waals surface area contributed by atoms with Gasteiger partial charge in [0.1, 0.15) is 6.61 Å². The van der Waals surface area contributed by atoms with Crippen molar-refractivity contribution in [1.29, 1.82) is 0 Å². The molecule has 0 radical (unpaired) electrons. The lowest BCUT2D eigenvalue weighted by Crippen LogP contribution is -2.44. The van der Waals surface area contributed by atoms with Gasteiger partial charge in [0.25, 0.3) is 5.56 Å². The number of esters is 1. The molecule has 5 rings (SSSR count). The molecule has 0 unspecified atom stereocenters. The Morgan fingerprint density at radius 3 is 2.73 bits per heavy atom. The molecule has 6 nitrogen and oxygen atoms in total. The van der Waals surface area contributed by atoms with E-state index < -0.39 is 11.6 Å². The summed E-state index contributed by atoms with van der Waals surface area (Å²) in [5.74, 6) is -0.485. The average molecular weight is 445 g/mol. The molecule has 2 aromatic heterocycles. The molecule has 0 fully saturated rings. The summed E-state index contributed by atoms with van der Waals surface area (Å²) in [6, 6.07) is 5.45. The van der Waals surface area contributed by atoms with E-state index >= 15 is 0 Å². The highest BCUT2D eigenvalue weighted by Gasteiger charge is 2.45. The lowest BCUT2D eigenvalue weighted by Gasteiger charge is -2.31. The first kappa shape index (κ1) is 19.5. The van der Waals surface area contributed by atoms with Crippen LogP contribution in [0.3, 0.4) is 0 Å². The van der Waals surface area contributed by atoms with Crippen LogP contribution < -0.4 is 5.56 Å². The normalized spacial score (nSPS) is 19.4. The smallest absolute Gasteiger partial charge is 0.343 e. The van der Waals surface area contributed by atoms with Crippen LogP contribution in [-0.2, 0) is 34.2 Å². The molecular formula is C22H18Cl2N2O4. The molecule has 0 aliphatic carbocycles. The number of aryl methyl sites for hydroxylation is 1. The van der Waals surface area contributed by atoms with Crippen LogP contribution in [0.15, 0.2) is 23.0 Å². The number of aromatic nitrogens is 2. The van der Waals surface area contributed by atoms with Crippen molar-refractivity contribution < 1.29 is 14.6 Å².